The molecule has 0 bridgehead atoms. The van der Waals surface area contributed by atoms with Gasteiger partial charge in [0.15, 0.2) is 10.3 Å². The minimum atomic E-state index is 0.0409. The first kappa shape index (κ1) is 54.4. The Morgan fingerprint density at radius 2 is 1.12 bits per heavy atom. The molecule has 0 spiro atoms. The van der Waals surface area contributed by atoms with E-state index in [9.17, 15) is 9.59 Å². The smallest absolute Gasteiger partial charge is 0.220 e. The molecular weight excluding hydrogens is 992 g/mol. The Morgan fingerprint density at radius 3 is 1.82 bits per heavy atom. The number of amides is 2. The zero-order valence-corrected chi connectivity index (χ0v) is 44.5. The number of aromatic nitrogens is 6. The Labute approximate surface area is 447 Å². The molecule has 2 aromatic heterocycles. The lowest BCUT2D eigenvalue weighted by Gasteiger charge is -2.11. The lowest BCUT2D eigenvalue weighted by Crippen LogP contribution is -2.22. The fourth-order valence-corrected chi connectivity index (χ4v) is 10.4. The Balaban J connectivity index is 0.000000214. The van der Waals surface area contributed by atoms with Gasteiger partial charge in [0.2, 0.25) is 11.8 Å². The number of thioether (sulfide) groups is 2. The van der Waals surface area contributed by atoms with Crippen molar-refractivity contribution in [2.45, 2.75) is 106 Å². The maximum Gasteiger partial charge on any atom is 0.220 e. The van der Waals surface area contributed by atoms with E-state index in [-0.39, 0.29) is 11.8 Å². The van der Waals surface area contributed by atoms with Crippen LogP contribution in [0.3, 0.4) is 0 Å². The lowest BCUT2D eigenvalue weighted by molar-refractivity contribution is -0.122. The van der Waals surface area contributed by atoms with Crippen LogP contribution >= 0.6 is 46.7 Å². The van der Waals surface area contributed by atoms with Crippen LogP contribution in [0.1, 0.15) is 83.6 Å². The summed E-state index contributed by atoms with van der Waals surface area (Å²) in [5.41, 5.74) is 8.00. The molecule has 0 saturated carbocycles. The van der Waals surface area contributed by atoms with Gasteiger partial charge < -0.3 is 19.9 Å². The van der Waals surface area contributed by atoms with Crippen molar-refractivity contribution in [1.29, 1.82) is 0 Å². The van der Waals surface area contributed by atoms with Crippen molar-refractivity contribution in [3.63, 3.8) is 0 Å². The first-order valence-electron chi connectivity index (χ1n) is 24.6. The van der Waals surface area contributed by atoms with Gasteiger partial charge in [0.05, 0.1) is 12.8 Å². The summed E-state index contributed by atoms with van der Waals surface area (Å²) in [5, 5.41) is 27.2. The van der Waals surface area contributed by atoms with Crippen LogP contribution in [0, 0.1) is 6.92 Å². The molecule has 2 N–H and O–H groups in total. The van der Waals surface area contributed by atoms with E-state index in [2.05, 4.69) is 102 Å². The van der Waals surface area contributed by atoms with Gasteiger partial charge in [0.25, 0.3) is 0 Å². The van der Waals surface area contributed by atoms with Crippen molar-refractivity contribution in [1.82, 2.24) is 40.2 Å². The summed E-state index contributed by atoms with van der Waals surface area (Å²) >= 11 is 15.8. The number of hydrogen-bond donors (Lipinski definition) is 2. The molecule has 0 saturated heterocycles. The van der Waals surface area contributed by atoms with E-state index in [1.54, 1.807) is 30.6 Å². The second kappa shape index (κ2) is 29.4. The van der Waals surface area contributed by atoms with Gasteiger partial charge in [0.1, 0.15) is 17.4 Å². The van der Waals surface area contributed by atoms with Crippen molar-refractivity contribution >= 4 is 58.5 Å². The summed E-state index contributed by atoms with van der Waals surface area (Å²) in [6, 6.07) is 52.2. The normalized spacial score (nSPS) is 10.9. The highest BCUT2D eigenvalue weighted by molar-refractivity contribution is 7.98. The zero-order valence-electron chi connectivity index (χ0n) is 41.4. The number of rotatable bonds is 25. The lowest BCUT2D eigenvalue weighted by atomic mass is 10.1. The first-order valence-corrected chi connectivity index (χ1v) is 27.3. The number of carbonyl (C=O) groups excluding carboxylic acids is 2. The maximum absolute atomic E-state index is 12.4. The second-order valence-corrected chi connectivity index (χ2v) is 20.2. The van der Waals surface area contributed by atoms with Crippen LogP contribution in [0.15, 0.2) is 168 Å². The summed E-state index contributed by atoms with van der Waals surface area (Å²) in [4.78, 5) is 24.6. The number of hydrogen-bond acceptors (Lipinski definition) is 9. The molecule has 378 valence electrons. The van der Waals surface area contributed by atoms with Gasteiger partial charge in [-0.15, -0.1) is 20.4 Å². The highest BCUT2D eigenvalue weighted by Crippen LogP contribution is 2.29. The molecule has 0 unspecified atom stereocenters. The van der Waals surface area contributed by atoms with Gasteiger partial charge in [-0.25, -0.2) is 0 Å². The maximum atomic E-state index is 12.4. The number of methoxy groups -OCH3 is 1. The van der Waals surface area contributed by atoms with Gasteiger partial charge in [0, 0.05) is 72.4 Å². The van der Waals surface area contributed by atoms with Gasteiger partial charge in [-0.1, -0.05) is 168 Å². The average Bonchev–Trinajstić information content (AvgIpc) is 4.02. The first-order chi connectivity index (χ1) is 35.7. The molecule has 8 rings (SSSR count). The number of carbonyl (C=O) groups is 2. The van der Waals surface area contributed by atoms with Crippen LogP contribution < -0.4 is 15.4 Å². The Kier molecular flexibility index (Phi) is 21.9. The molecule has 0 atom stereocenters. The molecule has 2 heterocycles. The fourth-order valence-electron chi connectivity index (χ4n) is 7.99. The number of aryl methyl sites for hydroxylation is 4. The Hall–Kier alpha value is -6.38. The molecule has 0 aliphatic carbocycles. The number of halogens is 2. The largest absolute Gasteiger partial charge is 0.496 e. The van der Waals surface area contributed by atoms with E-state index in [1.807, 2.05) is 103 Å². The second-order valence-electron chi connectivity index (χ2n) is 17.4. The van der Waals surface area contributed by atoms with Crippen molar-refractivity contribution in [2.24, 2.45) is 0 Å². The number of para-hydroxylation sites is 1. The molecule has 11 nitrogen and oxygen atoms in total. The van der Waals surface area contributed by atoms with Gasteiger partial charge in [-0.3, -0.25) is 14.2 Å². The van der Waals surface area contributed by atoms with Crippen molar-refractivity contribution in [2.75, 3.05) is 7.11 Å². The topological polar surface area (TPSA) is 129 Å². The minimum Gasteiger partial charge on any atom is -0.496 e. The number of nitrogens with one attached hydrogen (secondary N) is 2. The number of unbranched alkanes of at least 4 members (excludes halogenated alkanes) is 2. The molecular formula is C58H62Cl2N8O3S2. The molecule has 6 aromatic carbocycles. The van der Waals surface area contributed by atoms with Gasteiger partial charge in [-0.05, 0) is 103 Å². The SMILES string of the molecule is COc1ccccc1CNC(=O)CCCCc1nnc(SCc2cccc(Cl)c2)n1CCc1ccccc1.Cc1ccccc1CSc1nnc(CCCCC(=O)NCc2ccccc2)n1-c1cccc(Cl)c1. The predicted molar refractivity (Wildman–Crippen MR) is 297 cm³/mol. The van der Waals surface area contributed by atoms with Crippen LogP contribution in [0.2, 0.25) is 10.0 Å². The highest BCUT2D eigenvalue weighted by atomic mass is 35.5. The monoisotopic (exact) mass is 1050 g/mol. The standard InChI is InChI=1S/C30H33ClN4O2S.C28H29ClN4OS/c1-37-27-15-6-5-13-25(27)21-32-29(36)17-8-7-16-28-33-34-30(38-22-24-12-9-14-26(31)20-24)35(28)19-18-23-10-3-2-4-11-23;1-21-10-5-6-13-23(21)20-35-28-32-31-26(33(28)25-15-9-14-24(29)18-25)16-7-8-17-27(34)30-19-22-11-3-2-4-12-22/h2-6,9-15,20H,7-8,16-19,21-22H2,1H3,(H,32,36);2-6,9-15,18H,7-8,16-17,19-20H2,1H3,(H,30,34). The van der Waals surface area contributed by atoms with E-state index < -0.39 is 0 Å². The Bertz CT molecular complexity index is 2970. The summed E-state index contributed by atoms with van der Waals surface area (Å²) < 4.78 is 9.67. The average molecular weight is 1050 g/mol. The van der Waals surface area contributed by atoms with Crippen LogP contribution in [0.5, 0.6) is 5.75 Å². The zero-order chi connectivity index (χ0) is 51.0. The third-order valence-electron chi connectivity index (χ3n) is 12.0. The number of nitrogens with zero attached hydrogens (tertiary/aromatic N) is 6. The highest BCUT2D eigenvalue weighted by Gasteiger charge is 2.17. The van der Waals surface area contributed by atoms with Crippen LogP contribution in [0.4, 0.5) is 0 Å². The third-order valence-corrected chi connectivity index (χ3v) is 14.5. The molecule has 15 heteroatoms. The van der Waals surface area contributed by atoms with Gasteiger partial charge >= 0.3 is 0 Å². The van der Waals surface area contributed by atoms with Crippen molar-refractivity contribution < 1.29 is 14.3 Å². The summed E-state index contributed by atoms with van der Waals surface area (Å²) in [6.45, 7) is 3.96. The molecule has 0 radical (unpaired) electrons. The van der Waals surface area contributed by atoms with E-state index in [1.165, 1.54) is 16.7 Å². The summed E-state index contributed by atoms with van der Waals surface area (Å²) in [7, 11) is 1.64. The van der Waals surface area contributed by atoms with Crippen LogP contribution in [-0.4, -0.2) is 48.5 Å². The molecule has 0 fully saturated rings. The quantitative estimate of drug-likeness (QED) is 0.0425. The third kappa shape index (κ3) is 17.7. The van der Waals surface area contributed by atoms with Gasteiger partial charge in [-0.2, -0.15) is 0 Å². The molecule has 8 aromatic rings. The molecule has 0 aliphatic heterocycles. The molecule has 73 heavy (non-hydrogen) atoms. The predicted octanol–water partition coefficient (Wildman–Crippen LogP) is 13.1. The number of benzene rings is 6. The molecule has 2 amide bonds. The minimum absolute atomic E-state index is 0.0409. The fraction of sp³-hybridized carbons (Fsp3) is 0.276. The summed E-state index contributed by atoms with van der Waals surface area (Å²) in [5.74, 6) is 4.32. The van der Waals surface area contributed by atoms with E-state index >= 15 is 0 Å². The summed E-state index contributed by atoms with van der Waals surface area (Å²) in [6.07, 6.45) is 6.67. The van der Waals surface area contributed by atoms with E-state index in [4.69, 9.17) is 27.9 Å². The molecule has 0 aliphatic rings. The Morgan fingerprint density at radius 1 is 0.548 bits per heavy atom. The number of ether oxygens (including phenoxy) is 1. The van der Waals surface area contributed by atoms with Crippen molar-refractivity contribution in [3.05, 3.63) is 213 Å². The van der Waals surface area contributed by atoms with Crippen LogP contribution in [0.25, 0.3) is 5.69 Å². The van der Waals surface area contributed by atoms with E-state index in [0.717, 1.165) is 118 Å². The van der Waals surface area contributed by atoms with E-state index in [0.29, 0.717) is 31.0 Å². The van der Waals surface area contributed by atoms with Crippen LogP contribution in [-0.2, 0) is 60.0 Å². The van der Waals surface area contributed by atoms with Crippen molar-refractivity contribution in [3.8, 4) is 11.4 Å².